The predicted octanol–water partition coefficient (Wildman–Crippen LogP) is 4.44. The van der Waals surface area contributed by atoms with Gasteiger partial charge in [0.05, 0.1) is 6.04 Å². The summed E-state index contributed by atoms with van der Waals surface area (Å²) >= 11 is 0. The van der Waals surface area contributed by atoms with Crippen LogP contribution in [0.25, 0.3) is 10.8 Å². The molecule has 0 spiro atoms. The quantitative estimate of drug-likeness (QED) is 0.578. The van der Waals surface area contributed by atoms with Crippen LogP contribution in [0.4, 0.5) is 5.82 Å². The molecule has 0 aliphatic heterocycles. The Morgan fingerprint density at radius 3 is 2.60 bits per heavy atom. The van der Waals surface area contributed by atoms with Crippen molar-refractivity contribution in [3.05, 3.63) is 83.9 Å². The molecule has 2 heterocycles. The minimum atomic E-state index is -0.293. The van der Waals surface area contributed by atoms with Gasteiger partial charge >= 0.3 is 0 Å². The number of nitrogens with zero attached hydrogens (tertiary/aromatic N) is 2. The Bertz CT molecular complexity index is 1010. The first kappa shape index (κ1) is 15.2. The molecule has 4 aromatic rings. The maximum Gasteiger partial charge on any atom is 0.170 e. The van der Waals surface area contributed by atoms with Gasteiger partial charge in [0.25, 0.3) is 0 Å². The first-order valence-corrected chi connectivity index (χ1v) is 8.03. The Labute approximate surface area is 144 Å². The second-order valence-electron chi connectivity index (χ2n) is 5.90. The lowest BCUT2D eigenvalue weighted by atomic mass is 9.93. The third-order valence-corrected chi connectivity index (χ3v) is 4.20. The highest BCUT2D eigenvalue weighted by Gasteiger charge is 2.21. The summed E-state index contributed by atoms with van der Waals surface area (Å²) in [4.78, 5) is 4.09. The summed E-state index contributed by atoms with van der Waals surface area (Å²) in [7, 11) is 0. The van der Waals surface area contributed by atoms with Crippen LogP contribution >= 0.6 is 0 Å². The van der Waals surface area contributed by atoms with E-state index in [1.807, 2.05) is 55.5 Å². The fraction of sp³-hybridized carbons (Fsp3) is 0.100. The fourth-order valence-corrected chi connectivity index (χ4v) is 3.05. The lowest BCUT2D eigenvalue weighted by Gasteiger charge is -2.22. The maximum atomic E-state index is 10.6. The van der Waals surface area contributed by atoms with Crippen molar-refractivity contribution in [1.82, 2.24) is 10.1 Å². The predicted molar refractivity (Wildman–Crippen MR) is 96.6 cm³/mol. The highest BCUT2D eigenvalue weighted by molar-refractivity contribution is 5.89. The van der Waals surface area contributed by atoms with Crippen LogP contribution in [0.15, 0.2) is 71.5 Å². The van der Waals surface area contributed by atoms with Gasteiger partial charge in [-0.1, -0.05) is 35.5 Å². The largest absolute Gasteiger partial charge is 0.508 e. The molecule has 0 saturated heterocycles. The van der Waals surface area contributed by atoms with Crippen molar-refractivity contribution in [2.75, 3.05) is 5.32 Å². The molecule has 0 radical (unpaired) electrons. The lowest BCUT2D eigenvalue weighted by molar-refractivity contribution is 0.399. The molecular weight excluding hydrogens is 314 g/mol. The maximum absolute atomic E-state index is 10.6. The van der Waals surface area contributed by atoms with E-state index in [4.69, 9.17) is 4.52 Å². The van der Waals surface area contributed by atoms with Crippen molar-refractivity contribution in [2.24, 2.45) is 0 Å². The van der Waals surface area contributed by atoms with Gasteiger partial charge in [-0.25, -0.2) is 0 Å². The molecule has 4 rings (SSSR count). The van der Waals surface area contributed by atoms with Crippen molar-refractivity contribution < 1.29 is 9.63 Å². The summed E-state index contributed by atoms with van der Waals surface area (Å²) in [5.41, 5.74) is 1.77. The van der Waals surface area contributed by atoms with Crippen LogP contribution in [0.2, 0.25) is 0 Å². The highest BCUT2D eigenvalue weighted by Crippen LogP contribution is 2.37. The number of rotatable bonds is 4. The monoisotopic (exact) mass is 331 g/mol. The summed E-state index contributed by atoms with van der Waals surface area (Å²) in [6, 6.07) is 17.0. The zero-order chi connectivity index (χ0) is 17.2. The molecule has 2 aromatic heterocycles. The number of phenolic OH excluding ortho intramolecular Hbond substituents is 1. The number of aromatic hydroxyl groups is 1. The standard InChI is InChI=1S/C20H17N3O2/c1-13-12-18(23-25-13)22-20(15-8-10-21-11-9-15)19-16-5-3-2-4-14(16)6-7-17(19)24/h2-12,20,24H,1H3,(H,22,23). The van der Waals surface area contributed by atoms with E-state index in [0.29, 0.717) is 5.82 Å². The van der Waals surface area contributed by atoms with Crippen LogP contribution in [0.3, 0.4) is 0 Å². The van der Waals surface area contributed by atoms with Crippen LogP contribution < -0.4 is 5.32 Å². The number of anilines is 1. The van der Waals surface area contributed by atoms with Gasteiger partial charge in [-0.3, -0.25) is 4.98 Å². The first-order chi connectivity index (χ1) is 12.2. The second kappa shape index (κ2) is 6.28. The number of pyridine rings is 1. The highest BCUT2D eigenvalue weighted by atomic mass is 16.5. The van der Waals surface area contributed by atoms with E-state index in [2.05, 4.69) is 15.5 Å². The molecule has 0 fully saturated rings. The molecular formula is C20H17N3O2. The Kier molecular flexibility index (Phi) is 3.82. The molecule has 0 aliphatic carbocycles. The van der Waals surface area contributed by atoms with Gasteiger partial charge in [-0.2, -0.15) is 0 Å². The Morgan fingerprint density at radius 1 is 1.04 bits per heavy atom. The number of aromatic nitrogens is 2. The molecule has 124 valence electrons. The van der Waals surface area contributed by atoms with Gasteiger partial charge in [-0.05, 0) is 41.5 Å². The Morgan fingerprint density at radius 2 is 1.84 bits per heavy atom. The number of nitrogens with one attached hydrogen (secondary N) is 1. The van der Waals surface area contributed by atoms with E-state index in [-0.39, 0.29) is 11.8 Å². The third-order valence-electron chi connectivity index (χ3n) is 4.20. The molecule has 1 unspecified atom stereocenters. The lowest BCUT2D eigenvalue weighted by Crippen LogP contribution is -2.13. The van der Waals surface area contributed by atoms with E-state index < -0.39 is 0 Å². The second-order valence-corrected chi connectivity index (χ2v) is 5.90. The van der Waals surface area contributed by atoms with Crippen LogP contribution in [0, 0.1) is 6.92 Å². The van der Waals surface area contributed by atoms with Gasteiger partial charge < -0.3 is 14.9 Å². The SMILES string of the molecule is Cc1cc(NC(c2ccncc2)c2c(O)ccc3ccccc23)no1. The smallest absolute Gasteiger partial charge is 0.170 e. The van der Waals surface area contributed by atoms with Crippen molar-refractivity contribution >= 4 is 16.6 Å². The average Bonchev–Trinajstić information content (AvgIpc) is 3.06. The van der Waals surface area contributed by atoms with Gasteiger partial charge in [-0.15, -0.1) is 0 Å². The zero-order valence-corrected chi connectivity index (χ0v) is 13.7. The normalized spacial score (nSPS) is 12.2. The number of hydrogen-bond acceptors (Lipinski definition) is 5. The Balaban J connectivity index is 1.90. The summed E-state index contributed by atoms with van der Waals surface area (Å²) in [6.45, 7) is 1.84. The van der Waals surface area contributed by atoms with Crippen LogP contribution in [0.1, 0.15) is 22.9 Å². The van der Waals surface area contributed by atoms with E-state index in [9.17, 15) is 5.11 Å². The molecule has 2 aromatic carbocycles. The van der Waals surface area contributed by atoms with Crippen LogP contribution in [-0.4, -0.2) is 15.2 Å². The van der Waals surface area contributed by atoms with Gasteiger partial charge in [0, 0.05) is 24.0 Å². The first-order valence-electron chi connectivity index (χ1n) is 8.03. The number of phenols is 1. The van der Waals surface area contributed by atoms with Crippen molar-refractivity contribution in [2.45, 2.75) is 13.0 Å². The van der Waals surface area contributed by atoms with Crippen LogP contribution in [-0.2, 0) is 0 Å². The van der Waals surface area contributed by atoms with Gasteiger partial charge in [0.15, 0.2) is 5.82 Å². The number of hydrogen-bond donors (Lipinski definition) is 2. The van der Waals surface area contributed by atoms with E-state index in [1.54, 1.807) is 18.5 Å². The summed E-state index contributed by atoms with van der Waals surface area (Å²) in [5, 5.41) is 20.1. The summed E-state index contributed by atoms with van der Waals surface area (Å²) in [5.74, 6) is 1.57. The third kappa shape index (κ3) is 2.92. The minimum absolute atomic E-state index is 0.230. The van der Waals surface area contributed by atoms with Crippen molar-refractivity contribution in [3.63, 3.8) is 0 Å². The number of aryl methyl sites for hydroxylation is 1. The summed E-state index contributed by atoms with van der Waals surface area (Å²) in [6.07, 6.45) is 3.47. The van der Waals surface area contributed by atoms with E-state index in [0.717, 1.165) is 27.7 Å². The molecule has 0 aliphatic rings. The zero-order valence-electron chi connectivity index (χ0n) is 13.7. The molecule has 2 N–H and O–H groups in total. The fourth-order valence-electron chi connectivity index (χ4n) is 3.05. The Hall–Kier alpha value is -3.34. The van der Waals surface area contributed by atoms with Gasteiger partial charge in [0.2, 0.25) is 0 Å². The molecule has 0 bridgehead atoms. The van der Waals surface area contributed by atoms with Crippen molar-refractivity contribution in [3.8, 4) is 5.75 Å². The number of benzene rings is 2. The molecule has 1 atom stereocenters. The summed E-state index contributed by atoms with van der Waals surface area (Å²) < 4.78 is 5.17. The van der Waals surface area contributed by atoms with Gasteiger partial charge in [0.1, 0.15) is 11.5 Å². The van der Waals surface area contributed by atoms with Crippen molar-refractivity contribution in [1.29, 1.82) is 0 Å². The van der Waals surface area contributed by atoms with Crippen LogP contribution in [0.5, 0.6) is 5.75 Å². The average molecular weight is 331 g/mol. The molecule has 5 nitrogen and oxygen atoms in total. The molecule has 0 amide bonds. The van der Waals surface area contributed by atoms with E-state index in [1.165, 1.54) is 0 Å². The molecule has 0 saturated carbocycles. The topological polar surface area (TPSA) is 71.2 Å². The van der Waals surface area contributed by atoms with E-state index >= 15 is 0 Å². The number of fused-ring (bicyclic) bond motifs is 1. The minimum Gasteiger partial charge on any atom is -0.508 e. The molecule has 25 heavy (non-hydrogen) atoms. The molecule has 5 heteroatoms.